The molecule has 0 radical (unpaired) electrons. The molecule has 32 heavy (non-hydrogen) atoms. The summed E-state index contributed by atoms with van der Waals surface area (Å²) >= 11 is 3.57. The monoisotopic (exact) mass is 527 g/mol. The highest BCUT2D eigenvalue weighted by Crippen LogP contribution is 2.50. The van der Waals surface area contributed by atoms with Crippen molar-refractivity contribution in [3.63, 3.8) is 0 Å². The molecule has 0 unspecified atom stereocenters. The number of hydrogen-bond acceptors (Lipinski definition) is 4. The van der Waals surface area contributed by atoms with E-state index in [-0.39, 0.29) is 23.6 Å². The quantitative estimate of drug-likeness (QED) is 0.504. The molecule has 172 valence electrons. The number of carbonyl (C=O) groups excluding carboxylic acids is 1. The van der Waals surface area contributed by atoms with Gasteiger partial charge in [0.15, 0.2) is 0 Å². The molecule has 0 spiro atoms. The Morgan fingerprint density at radius 2 is 1.88 bits per heavy atom. The normalized spacial score (nSPS) is 16.6. The first-order valence-corrected chi connectivity index (χ1v) is 13.3. The maximum absolute atomic E-state index is 14.3. The van der Waals surface area contributed by atoms with Gasteiger partial charge in [-0.05, 0) is 76.7 Å². The van der Waals surface area contributed by atoms with Gasteiger partial charge >= 0.3 is 0 Å². The Bertz CT molecular complexity index is 1130. The second-order valence-corrected chi connectivity index (χ2v) is 11.5. The number of nitrogens with zero attached hydrogens (tertiary/aromatic N) is 1. The number of halogens is 3. The molecule has 1 saturated carbocycles. The molecule has 2 aliphatic rings. The lowest BCUT2D eigenvalue weighted by Gasteiger charge is -2.30. The summed E-state index contributed by atoms with van der Waals surface area (Å²) in [6.07, 6.45) is 2.84. The van der Waals surface area contributed by atoms with E-state index in [9.17, 15) is 22.0 Å². The van der Waals surface area contributed by atoms with E-state index in [0.717, 1.165) is 17.4 Å². The lowest BCUT2D eigenvalue weighted by molar-refractivity contribution is -0.131. The highest BCUT2D eigenvalue weighted by molar-refractivity contribution is 9.10. The summed E-state index contributed by atoms with van der Waals surface area (Å²) in [5.74, 6) is -2.78. The van der Waals surface area contributed by atoms with Gasteiger partial charge in [0.1, 0.15) is 21.3 Å². The SMILES string of the molecule is CS(=O)(=O)CCC(=O)N1CCc2ccc(Oc3ccc(C(F)(F)C4CC4)cc3)c(Br)c2C1. The Morgan fingerprint density at radius 3 is 2.50 bits per heavy atom. The van der Waals surface area contributed by atoms with Gasteiger partial charge in [-0.1, -0.05) is 6.07 Å². The van der Waals surface area contributed by atoms with E-state index in [1.165, 1.54) is 12.1 Å². The number of alkyl halides is 2. The van der Waals surface area contributed by atoms with Crippen LogP contribution in [0, 0.1) is 5.92 Å². The molecule has 1 aliphatic heterocycles. The number of amides is 1. The van der Waals surface area contributed by atoms with Crippen LogP contribution in [0.5, 0.6) is 11.5 Å². The van der Waals surface area contributed by atoms with Crippen LogP contribution in [0.1, 0.15) is 36.0 Å². The minimum absolute atomic E-state index is 0.0000966. The highest BCUT2D eigenvalue weighted by atomic mass is 79.9. The average Bonchev–Trinajstić information content (AvgIpc) is 3.60. The van der Waals surface area contributed by atoms with Gasteiger partial charge in [0.05, 0.1) is 10.2 Å². The Kier molecular flexibility index (Phi) is 6.33. The standard InChI is InChI=1S/C23H24BrF2NO4S/c1-32(29,30)13-11-21(28)27-12-10-15-2-9-20(22(24)19(15)14-27)31-18-7-5-17(6-8-18)23(25,26)16-3-4-16/h2,5-9,16H,3-4,10-14H2,1H3. The summed E-state index contributed by atoms with van der Waals surface area (Å²) in [6, 6.07) is 9.64. The van der Waals surface area contributed by atoms with E-state index >= 15 is 0 Å². The zero-order chi connectivity index (χ0) is 23.1. The van der Waals surface area contributed by atoms with E-state index in [1.807, 2.05) is 12.1 Å². The van der Waals surface area contributed by atoms with Crippen LogP contribution in [0.2, 0.25) is 0 Å². The zero-order valence-electron chi connectivity index (χ0n) is 17.6. The van der Waals surface area contributed by atoms with Crippen LogP contribution >= 0.6 is 15.9 Å². The molecule has 1 amide bonds. The van der Waals surface area contributed by atoms with Crippen molar-refractivity contribution in [3.05, 3.63) is 57.6 Å². The number of benzene rings is 2. The molecule has 1 aliphatic carbocycles. The van der Waals surface area contributed by atoms with Crippen LogP contribution in [0.4, 0.5) is 8.78 Å². The summed E-state index contributed by atoms with van der Waals surface area (Å²) in [5, 5.41) is 0. The van der Waals surface area contributed by atoms with E-state index in [1.54, 1.807) is 17.0 Å². The van der Waals surface area contributed by atoms with Crippen molar-refractivity contribution < 1.29 is 26.7 Å². The number of carbonyl (C=O) groups is 1. The summed E-state index contributed by atoms with van der Waals surface area (Å²) in [4.78, 5) is 14.1. The van der Waals surface area contributed by atoms with Gasteiger partial charge in [0.25, 0.3) is 5.92 Å². The molecule has 2 aromatic carbocycles. The smallest absolute Gasteiger partial charge is 0.276 e. The van der Waals surface area contributed by atoms with Crippen molar-refractivity contribution in [2.75, 3.05) is 18.6 Å². The van der Waals surface area contributed by atoms with E-state index in [2.05, 4.69) is 15.9 Å². The molecular formula is C23H24BrF2NO4S. The predicted molar refractivity (Wildman–Crippen MR) is 121 cm³/mol. The highest BCUT2D eigenvalue weighted by Gasteiger charge is 2.47. The van der Waals surface area contributed by atoms with Crippen molar-refractivity contribution in [1.29, 1.82) is 0 Å². The van der Waals surface area contributed by atoms with Gasteiger partial charge in [-0.3, -0.25) is 4.79 Å². The second kappa shape index (κ2) is 8.74. The molecule has 0 bridgehead atoms. The van der Waals surface area contributed by atoms with Crippen LogP contribution < -0.4 is 4.74 Å². The number of hydrogen-bond donors (Lipinski definition) is 0. The number of fused-ring (bicyclic) bond motifs is 1. The molecule has 0 aromatic heterocycles. The topological polar surface area (TPSA) is 63.7 Å². The number of ether oxygens (including phenoxy) is 1. The molecule has 9 heteroatoms. The summed E-state index contributed by atoms with van der Waals surface area (Å²) in [5.41, 5.74) is 1.98. The number of sulfone groups is 1. The summed E-state index contributed by atoms with van der Waals surface area (Å²) < 4.78 is 57.9. The van der Waals surface area contributed by atoms with Crippen molar-refractivity contribution in [2.24, 2.45) is 5.92 Å². The van der Waals surface area contributed by atoms with Crippen molar-refractivity contribution in [2.45, 2.75) is 38.2 Å². The van der Waals surface area contributed by atoms with Crippen LogP contribution in [0.15, 0.2) is 40.9 Å². The van der Waals surface area contributed by atoms with Gasteiger partial charge in [0.2, 0.25) is 5.91 Å². The van der Waals surface area contributed by atoms with Crippen LogP contribution in [0.3, 0.4) is 0 Å². The Morgan fingerprint density at radius 1 is 1.19 bits per heavy atom. The third-order valence-electron chi connectivity index (χ3n) is 5.90. The zero-order valence-corrected chi connectivity index (χ0v) is 20.0. The Hall–Kier alpha value is -2.00. The fourth-order valence-corrected chi connectivity index (χ4v) is 4.99. The van der Waals surface area contributed by atoms with Crippen LogP contribution in [-0.2, 0) is 33.5 Å². The molecule has 2 aromatic rings. The third-order valence-corrected chi connectivity index (χ3v) is 7.72. The lowest BCUT2D eigenvalue weighted by atomic mass is 9.99. The largest absolute Gasteiger partial charge is 0.456 e. The molecule has 1 heterocycles. The van der Waals surface area contributed by atoms with Gasteiger partial charge in [-0.2, -0.15) is 0 Å². The van der Waals surface area contributed by atoms with E-state index in [4.69, 9.17) is 4.74 Å². The fraction of sp³-hybridized carbons (Fsp3) is 0.435. The van der Waals surface area contributed by atoms with Crippen LogP contribution in [0.25, 0.3) is 0 Å². The Labute approximate surface area is 194 Å². The minimum Gasteiger partial charge on any atom is -0.456 e. The molecule has 5 nitrogen and oxygen atoms in total. The van der Waals surface area contributed by atoms with E-state index in [0.29, 0.717) is 48.3 Å². The first-order valence-electron chi connectivity index (χ1n) is 10.5. The Balaban J connectivity index is 1.47. The minimum atomic E-state index is -3.21. The maximum Gasteiger partial charge on any atom is 0.276 e. The first-order chi connectivity index (χ1) is 15.0. The maximum atomic E-state index is 14.3. The summed E-state index contributed by atoms with van der Waals surface area (Å²) in [7, 11) is -3.21. The molecular weight excluding hydrogens is 504 g/mol. The third kappa shape index (κ3) is 5.14. The fourth-order valence-electron chi connectivity index (χ4n) is 3.85. The van der Waals surface area contributed by atoms with Gasteiger partial charge in [-0.15, -0.1) is 0 Å². The van der Waals surface area contributed by atoms with Crippen molar-refractivity contribution in [1.82, 2.24) is 4.90 Å². The molecule has 1 fully saturated rings. The predicted octanol–water partition coefficient (Wildman–Crippen LogP) is 5.06. The molecule has 0 atom stereocenters. The van der Waals surface area contributed by atoms with Gasteiger partial charge in [-0.25, -0.2) is 17.2 Å². The van der Waals surface area contributed by atoms with Gasteiger partial charge < -0.3 is 9.64 Å². The molecule has 0 N–H and O–H groups in total. The first kappa shape index (κ1) is 23.2. The molecule has 0 saturated heterocycles. The van der Waals surface area contributed by atoms with E-state index < -0.39 is 21.7 Å². The van der Waals surface area contributed by atoms with Gasteiger partial charge in [0, 0.05) is 37.2 Å². The van der Waals surface area contributed by atoms with Crippen molar-refractivity contribution in [3.8, 4) is 11.5 Å². The number of rotatable bonds is 7. The van der Waals surface area contributed by atoms with Crippen molar-refractivity contribution >= 4 is 31.7 Å². The second-order valence-electron chi connectivity index (χ2n) is 8.48. The average molecular weight is 528 g/mol. The lowest BCUT2D eigenvalue weighted by Crippen LogP contribution is -2.36. The van der Waals surface area contributed by atoms with Crippen LogP contribution in [-0.4, -0.2) is 37.8 Å². The summed E-state index contributed by atoms with van der Waals surface area (Å²) in [6.45, 7) is 0.876. The molecule has 4 rings (SSSR count).